The van der Waals surface area contributed by atoms with Crippen LogP contribution in [-0.2, 0) is 11.3 Å². The lowest BCUT2D eigenvalue weighted by Crippen LogP contribution is -2.42. The van der Waals surface area contributed by atoms with Gasteiger partial charge in [0.05, 0.1) is 0 Å². The van der Waals surface area contributed by atoms with Crippen molar-refractivity contribution in [1.29, 1.82) is 0 Å². The van der Waals surface area contributed by atoms with Gasteiger partial charge in [-0.15, -0.1) is 0 Å². The quantitative estimate of drug-likeness (QED) is 0.886. The minimum Gasteiger partial charge on any atom is -0.341 e. The first-order valence-corrected chi connectivity index (χ1v) is 6.66. The smallest absolute Gasteiger partial charge is 0.224 e. The number of benzene rings is 1. The van der Waals surface area contributed by atoms with Crippen molar-refractivity contribution in [3.05, 3.63) is 35.9 Å². The van der Waals surface area contributed by atoms with E-state index in [0.717, 1.165) is 31.2 Å². The molecule has 3 heteroatoms. The van der Waals surface area contributed by atoms with Crippen LogP contribution in [0.4, 0.5) is 0 Å². The van der Waals surface area contributed by atoms with Crippen molar-refractivity contribution in [1.82, 2.24) is 4.90 Å². The zero-order valence-corrected chi connectivity index (χ0v) is 11.1. The molecule has 0 atom stereocenters. The third kappa shape index (κ3) is 3.33. The summed E-state index contributed by atoms with van der Waals surface area (Å²) < 4.78 is 0. The van der Waals surface area contributed by atoms with Gasteiger partial charge in [0, 0.05) is 25.6 Å². The van der Waals surface area contributed by atoms with Crippen LogP contribution in [0.15, 0.2) is 30.3 Å². The number of amides is 1. The van der Waals surface area contributed by atoms with Crippen LogP contribution in [0, 0.1) is 0 Å². The zero-order valence-electron chi connectivity index (χ0n) is 11.1. The van der Waals surface area contributed by atoms with E-state index in [4.69, 9.17) is 5.73 Å². The van der Waals surface area contributed by atoms with Crippen LogP contribution in [0.5, 0.6) is 0 Å². The highest BCUT2D eigenvalue weighted by Crippen LogP contribution is 2.30. The zero-order chi connectivity index (χ0) is 13.0. The Balaban J connectivity index is 1.89. The number of carbonyl (C=O) groups excluding carboxylic acids is 1. The van der Waals surface area contributed by atoms with Crippen molar-refractivity contribution < 1.29 is 4.79 Å². The average Bonchev–Trinajstić information content (AvgIpc) is 2.77. The molecule has 0 unspecified atom stereocenters. The van der Waals surface area contributed by atoms with E-state index in [1.165, 1.54) is 0 Å². The molecule has 0 bridgehead atoms. The molecule has 1 amide bonds. The van der Waals surface area contributed by atoms with Crippen molar-refractivity contribution in [2.24, 2.45) is 5.73 Å². The van der Waals surface area contributed by atoms with Gasteiger partial charge in [-0.3, -0.25) is 4.79 Å². The third-order valence-corrected chi connectivity index (χ3v) is 3.79. The topological polar surface area (TPSA) is 46.3 Å². The van der Waals surface area contributed by atoms with Gasteiger partial charge in [0.1, 0.15) is 0 Å². The average molecular weight is 246 g/mol. The van der Waals surface area contributed by atoms with E-state index in [1.54, 1.807) is 4.90 Å². The summed E-state index contributed by atoms with van der Waals surface area (Å²) >= 11 is 0. The van der Waals surface area contributed by atoms with Gasteiger partial charge in [-0.25, -0.2) is 0 Å². The lowest BCUT2D eigenvalue weighted by molar-refractivity contribution is -0.131. The van der Waals surface area contributed by atoms with Gasteiger partial charge in [0.15, 0.2) is 0 Å². The molecular weight excluding hydrogens is 224 g/mol. The number of hydrogen-bond acceptors (Lipinski definition) is 2. The second-order valence-electron chi connectivity index (χ2n) is 5.48. The molecule has 98 valence electrons. The maximum atomic E-state index is 12.2. The Morgan fingerprint density at radius 1 is 1.28 bits per heavy atom. The molecule has 1 aromatic rings. The summed E-state index contributed by atoms with van der Waals surface area (Å²) in [5.74, 6) is 0.156. The molecule has 0 aromatic heterocycles. The van der Waals surface area contributed by atoms with E-state index in [-0.39, 0.29) is 11.4 Å². The van der Waals surface area contributed by atoms with Gasteiger partial charge in [-0.1, -0.05) is 43.2 Å². The molecule has 2 rings (SSSR count). The summed E-state index contributed by atoms with van der Waals surface area (Å²) in [5.41, 5.74) is 7.15. The van der Waals surface area contributed by atoms with Gasteiger partial charge < -0.3 is 10.6 Å². The maximum absolute atomic E-state index is 12.2. The predicted molar refractivity (Wildman–Crippen MR) is 72.9 cm³/mol. The monoisotopic (exact) mass is 246 g/mol. The van der Waals surface area contributed by atoms with Gasteiger partial charge in [-0.05, 0) is 18.4 Å². The van der Waals surface area contributed by atoms with E-state index >= 15 is 0 Å². The lowest BCUT2D eigenvalue weighted by Gasteiger charge is -2.26. The molecule has 1 saturated carbocycles. The van der Waals surface area contributed by atoms with E-state index < -0.39 is 0 Å². The molecule has 18 heavy (non-hydrogen) atoms. The summed E-state index contributed by atoms with van der Waals surface area (Å²) in [4.78, 5) is 13.9. The van der Waals surface area contributed by atoms with E-state index in [1.807, 2.05) is 37.4 Å². The second kappa shape index (κ2) is 5.53. The largest absolute Gasteiger partial charge is 0.341 e. The molecule has 3 nitrogen and oxygen atoms in total. The number of nitrogens with zero attached hydrogens (tertiary/aromatic N) is 1. The molecular formula is C15H22N2O. The van der Waals surface area contributed by atoms with Gasteiger partial charge in [-0.2, -0.15) is 0 Å². The summed E-state index contributed by atoms with van der Waals surface area (Å²) in [7, 11) is 1.85. The van der Waals surface area contributed by atoms with Crippen LogP contribution in [0.2, 0.25) is 0 Å². The minimum atomic E-state index is -0.248. The third-order valence-electron chi connectivity index (χ3n) is 3.79. The molecule has 1 fully saturated rings. The van der Waals surface area contributed by atoms with Crippen LogP contribution in [0.3, 0.4) is 0 Å². The molecule has 0 saturated heterocycles. The Morgan fingerprint density at radius 3 is 2.50 bits per heavy atom. The highest BCUT2D eigenvalue weighted by atomic mass is 16.2. The maximum Gasteiger partial charge on any atom is 0.224 e. The van der Waals surface area contributed by atoms with Crippen molar-refractivity contribution in [3.63, 3.8) is 0 Å². The van der Waals surface area contributed by atoms with Crippen molar-refractivity contribution in [2.75, 3.05) is 7.05 Å². The Labute approximate surface area is 109 Å². The summed E-state index contributed by atoms with van der Waals surface area (Å²) in [6, 6.07) is 10.1. The molecule has 0 radical (unpaired) electrons. The first-order valence-electron chi connectivity index (χ1n) is 6.66. The summed E-state index contributed by atoms with van der Waals surface area (Å²) in [5, 5.41) is 0. The van der Waals surface area contributed by atoms with E-state index in [0.29, 0.717) is 13.0 Å². The highest BCUT2D eigenvalue weighted by molar-refractivity contribution is 5.77. The highest BCUT2D eigenvalue weighted by Gasteiger charge is 2.32. The Hall–Kier alpha value is -1.35. The van der Waals surface area contributed by atoms with E-state index in [2.05, 4.69) is 0 Å². The number of nitrogens with two attached hydrogens (primary N) is 1. The van der Waals surface area contributed by atoms with Crippen molar-refractivity contribution >= 4 is 5.91 Å². The van der Waals surface area contributed by atoms with Crippen LogP contribution in [0.1, 0.15) is 37.7 Å². The molecule has 2 N–H and O–H groups in total. The Morgan fingerprint density at radius 2 is 1.89 bits per heavy atom. The fraction of sp³-hybridized carbons (Fsp3) is 0.533. The molecule has 1 aromatic carbocycles. The number of carbonyl (C=O) groups is 1. The van der Waals surface area contributed by atoms with E-state index in [9.17, 15) is 4.79 Å². The van der Waals surface area contributed by atoms with Crippen LogP contribution >= 0.6 is 0 Å². The fourth-order valence-corrected chi connectivity index (χ4v) is 2.64. The predicted octanol–water partition coefficient (Wildman–Crippen LogP) is 2.31. The van der Waals surface area contributed by atoms with Crippen LogP contribution in [0.25, 0.3) is 0 Å². The molecule has 1 aliphatic rings. The first-order chi connectivity index (χ1) is 8.59. The SMILES string of the molecule is CN(Cc1ccccc1)C(=O)CC1(N)CCCC1. The standard InChI is InChI=1S/C15H22N2O/c1-17(12-13-7-3-2-4-8-13)14(18)11-15(16)9-5-6-10-15/h2-4,7-8H,5-6,9-12,16H2,1H3. The normalized spacial score (nSPS) is 17.7. The number of rotatable bonds is 4. The molecule has 0 aliphatic heterocycles. The van der Waals surface area contributed by atoms with Crippen LogP contribution in [-0.4, -0.2) is 23.4 Å². The summed E-state index contributed by atoms with van der Waals surface area (Å²) in [6.45, 7) is 0.662. The van der Waals surface area contributed by atoms with Gasteiger partial charge in [0.25, 0.3) is 0 Å². The first kappa shape index (κ1) is 13.1. The summed E-state index contributed by atoms with van der Waals surface area (Å²) in [6.07, 6.45) is 4.77. The molecule has 0 heterocycles. The Bertz CT molecular complexity index is 396. The van der Waals surface area contributed by atoms with Gasteiger partial charge in [0.2, 0.25) is 5.91 Å². The lowest BCUT2D eigenvalue weighted by atomic mass is 9.94. The Kier molecular flexibility index (Phi) is 4.02. The van der Waals surface area contributed by atoms with Crippen LogP contribution < -0.4 is 5.73 Å². The van der Waals surface area contributed by atoms with Gasteiger partial charge >= 0.3 is 0 Å². The number of hydrogen-bond donors (Lipinski definition) is 1. The fourth-order valence-electron chi connectivity index (χ4n) is 2.64. The second-order valence-corrected chi connectivity index (χ2v) is 5.48. The molecule has 0 spiro atoms. The minimum absolute atomic E-state index is 0.156. The van der Waals surface area contributed by atoms with Crippen molar-refractivity contribution in [3.8, 4) is 0 Å². The van der Waals surface area contributed by atoms with Crippen molar-refractivity contribution in [2.45, 2.75) is 44.2 Å². The molecule has 1 aliphatic carbocycles.